The molecule has 0 unspecified atom stereocenters. The second kappa shape index (κ2) is 7.79. The van der Waals surface area contributed by atoms with Gasteiger partial charge in [0, 0.05) is 42.4 Å². The molecule has 3 aromatic rings. The molecular weight excluding hydrogens is 516 g/mol. The van der Waals surface area contributed by atoms with E-state index in [-0.39, 0.29) is 29.6 Å². The van der Waals surface area contributed by atoms with Crippen LogP contribution in [0.25, 0.3) is 16.9 Å². The lowest BCUT2D eigenvalue weighted by Crippen LogP contribution is -2.72. The number of alkyl halides is 3. The summed E-state index contributed by atoms with van der Waals surface area (Å²) in [5.41, 5.74) is -2.23. The summed E-state index contributed by atoms with van der Waals surface area (Å²) in [5.74, 6) is -0.444. The molecule has 1 N–H and O–H groups in total. The SMILES string of the molecule is COc1cc2ncc(-c3cc(F)nc(N4CC5(C4)CC(O)(C(F)(F)F)C5)c3)n2cc1S(=O)(=O)C(C)(C)C. The predicted molar refractivity (Wildman–Crippen MR) is 127 cm³/mol. The molecule has 0 bridgehead atoms. The van der Waals surface area contributed by atoms with Crippen molar-refractivity contribution < 1.29 is 35.8 Å². The van der Waals surface area contributed by atoms with Crippen molar-refractivity contribution in [3.05, 3.63) is 36.5 Å². The minimum atomic E-state index is -4.69. The lowest BCUT2D eigenvalue weighted by Gasteiger charge is -2.62. The van der Waals surface area contributed by atoms with E-state index in [1.807, 2.05) is 0 Å². The molecule has 13 heteroatoms. The number of rotatable bonds is 4. The van der Waals surface area contributed by atoms with Gasteiger partial charge >= 0.3 is 6.18 Å². The van der Waals surface area contributed by atoms with Crippen LogP contribution in [0.3, 0.4) is 0 Å². The quantitative estimate of drug-likeness (QED) is 0.393. The molecular formula is C24H26F4N4O4S. The highest BCUT2D eigenvalue weighted by Gasteiger charge is 2.70. The Hall–Kier alpha value is -2.93. The van der Waals surface area contributed by atoms with Crippen LogP contribution in [0.1, 0.15) is 33.6 Å². The standard InChI is InChI=1S/C24H26F4N4O4S/c1-21(2,3)37(34,35)17-9-32-15(8-29-19(32)7-16(17)36-4)14-5-18(25)30-20(6-14)31-12-22(13-31)10-23(33,11-22)24(26,27)28/h5-9,33H,10-13H2,1-4H3. The Morgan fingerprint density at radius 1 is 1.11 bits per heavy atom. The predicted octanol–water partition coefficient (Wildman–Crippen LogP) is 4.01. The zero-order valence-corrected chi connectivity index (χ0v) is 21.4. The van der Waals surface area contributed by atoms with Gasteiger partial charge in [-0.2, -0.15) is 17.6 Å². The minimum Gasteiger partial charge on any atom is -0.495 e. The number of aliphatic hydroxyl groups is 1. The number of methoxy groups -OCH3 is 1. The molecule has 1 aliphatic carbocycles. The Bertz CT molecular complexity index is 1500. The number of hydrogen-bond acceptors (Lipinski definition) is 7. The molecule has 200 valence electrons. The Kier molecular flexibility index (Phi) is 5.41. The number of nitrogens with zero attached hydrogens (tertiary/aromatic N) is 4. The van der Waals surface area contributed by atoms with Crippen molar-refractivity contribution >= 4 is 21.3 Å². The van der Waals surface area contributed by atoms with E-state index in [1.54, 1.807) is 31.7 Å². The lowest BCUT2D eigenvalue weighted by atomic mass is 9.55. The molecule has 0 amide bonds. The van der Waals surface area contributed by atoms with Crippen LogP contribution in [-0.2, 0) is 9.84 Å². The smallest absolute Gasteiger partial charge is 0.417 e. The molecule has 0 atom stereocenters. The van der Waals surface area contributed by atoms with Gasteiger partial charge in [0.2, 0.25) is 5.95 Å². The van der Waals surface area contributed by atoms with E-state index in [0.29, 0.717) is 16.9 Å². The highest BCUT2D eigenvalue weighted by molar-refractivity contribution is 7.92. The molecule has 37 heavy (non-hydrogen) atoms. The highest BCUT2D eigenvalue weighted by atomic mass is 32.2. The van der Waals surface area contributed by atoms with Crippen molar-refractivity contribution in [2.75, 3.05) is 25.1 Å². The zero-order chi connectivity index (χ0) is 27.2. The maximum Gasteiger partial charge on any atom is 0.417 e. The molecule has 1 saturated carbocycles. The van der Waals surface area contributed by atoms with Crippen molar-refractivity contribution in [3.8, 4) is 17.0 Å². The second-order valence-electron chi connectivity index (χ2n) is 11.0. The summed E-state index contributed by atoms with van der Waals surface area (Å²) in [6.45, 7) is 5.13. The van der Waals surface area contributed by atoms with E-state index in [9.17, 15) is 31.1 Å². The Morgan fingerprint density at radius 2 is 1.76 bits per heavy atom. The van der Waals surface area contributed by atoms with Gasteiger partial charge in [-0.1, -0.05) is 0 Å². The monoisotopic (exact) mass is 542 g/mol. The molecule has 0 radical (unpaired) electrons. The molecule has 4 heterocycles. The molecule has 1 spiro atoms. The van der Waals surface area contributed by atoms with Gasteiger partial charge in [0.25, 0.3) is 0 Å². The first-order valence-electron chi connectivity index (χ1n) is 11.5. The third kappa shape index (κ3) is 3.94. The lowest BCUT2D eigenvalue weighted by molar-refractivity contribution is -0.319. The summed E-state index contributed by atoms with van der Waals surface area (Å²) in [4.78, 5) is 9.82. The third-order valence-corrected chi connectivity index (χ3v) is 9.70. The normalized spacial score (nSPS) is 19.1. The number of hydrogen-bond donors (Lipinski definition) is 1. The fourth-order valence-electron chi connectivity index (χ4n) is 5.22. The van der Waals surface area contributed by atoms with Crippen LogP contribution in [0.2, 0.25) is 0 Å². The average Bonchev–Trinajstić information content (AvgIpc) is 3.15. The largest absolute Gasteiger partial charge is 0.495 e. The molecule has 2 fully saturated rings. The number of anilines is 1. The number of imidazole rings is 1. The molecule has 8 nitrogen and oxygen atoms in total. The van der Waals surface area contributed by atoms with E-state index in [1.165, 1.54) is 36.0 Å². The first-order chi connectivity index (χ1) is 17.0. The maximum absolute atomic E-state index is 14.6. The van der Waals surface area contributed by atoms with E-state index in [0.717, 1.165) is 0 Å². The van der Waals surface area contributed by atoms with Gasteiger partial charge in [0.1, 0.15) is 22.1 Å². The van der Waals surface area contributed by atoms with Crippen molar-refractivity contribution in [1.29, 1.82) is 0 Å². The van der Waals surface area contributed by atoms with Crippen LogP contribution in [0.4, 0.5) is 23.4 Å². The van der Waals surface area contributed by atoms with Crippen LogP contribution in [-0.4, -0.2) is 64.6 Å². The first kappa shape index (κ1) is 25.7. The summed E-state index contributed by atoms with van der Waals surface area (Å²) in [5, 5.41) is 9.80. The summed E-state index contributed by atoms with van der Waals surface area (Å²) >= 11 is 0. The number of pyridine rings is 2. The first-order valence-corrected chi connectivity index (χ1v) is 13.0. The van der Waals surface area contributed by atoms with Gasteiger partial charge in [0.05, 0.1) is 23.7 Å². The fraction of sp³-hybridized carbons (Fsp3) is 0.500. The summed E-state index contributed by atoms with van der Waals surface area (Å²) in [6.07, 6.45) is -2.63. The molecule has 1 saturated heterocycles. The van der Waals surface area contributed by atoms with E-state index < -0.39 is 50.6 Å². The van der Waals surface area contributed by atoms with Crippen LogP contribution in [0.5, 0.6) is 5.75 Å². The van der Waals surface area contributed by atoms with Crippen molar-refractivity contribution in [2.45, 2.75) is 55.0 Å². The third-order valence-electron chi connectivity index (χ3n) is 7.21. The van der Waals surface area contributed by atoms with E-state index in [4.69, 9.17) is 4.74 Å². The van der Waals surface area contributed by atoms with Crippen LogP contribution < -0.4 is 9.64 Å². The number of aromatic nitrogens is 3. The average molecular weight is 543 g/mol. The maximum atomic E-state index is 14.6. The van der Waals surface area contributed by atoms with Gasteiger partial charge in [-0.15, -0.1) is 0 Å². The van der Waals surface area contributed by atoms with Crippen LogP contribution >= 0.6 is 0 Å². The number of ether oxygens (including phenoxy) is 1. The molecule has 0 aromatic carbocycles. The number of sulfone groups is 1. The van der Waals surface area contributed by atoms with Gasteiger partial charge in [-0.25, -0.2) is 18.4 Å². The molecule has 2 aliphatic rings. The van der Waals surface area contributed by atoms with E-state index in [2.05, 4.69) is 9.97 Å². The minimum absolute atomic E-state index is 0.0455. The van der Waals surface area contributed by atoms with E-state index >= 15 is 0 Å². The van der Waals surface area contributed by atoms with Crippen molar-refractivity contribution in [2.24, 2.45) is 5.41 Å². The number of halogens is 4. The van der Waals surface area contributed by atoms with Crippen molar-refractivity contribution in [3.63, 3.8) is 0 Å². The Morgan fingerprint density at radius 3 is 2.32 bits per heavy atom. The van der Waals surface area contributed by atoms with Crippen molar-refractivity contribution in [1.82, 2.24) is 14.4 Å². The zero-order valence-electron chi connectivity index (χ0n) is 20.6. The molecule has 1 aliphatic heterocycles. The summed E-state index contributed by atoms with van der Waals surface area (Å²) in [6, 6.07) is 4.24. The van der Waals surface area contributed by atoms with Gasteiger partial charge in [-0.05, 0) is 39.7 Å². The Balaban J connectivity index is 1.48. The molecule has 3 aromatic heterocycles. The highest BCUT2D eigenvalue weighted by Crippen LogP contribution is 2.60. The van der Waals surface area contributed by atoms with Gasteiger partial charge in [0.15, 0.2) is 15.4 Å². The van der Waals surface area contributed by atoms with Gasteiger partial charge < -0.3 is 14.7 Å². The Labute approximate surface area is 210 Å². The van der Waals surface area contributed by atoms with Gasteiger partial charge in [-0.3, -0.25) is 4.40 Å². The fourth-order valence-corrected chi connectivity index (χ4v) is 6.53. The topological polar surface area (TPSA) is 97.0 Å². The van der Waals surface area contributed by atoms with Crippen LogP contribution in [0.15, 0.2) is 35.5 Å². The summed E-state index contributed by atoms with van der Waals surface area (Å²) in [7, 11) is -2.45. The molecule has 5 rings (SSSR count). The summed E-state index contributed by atoms with van der Waals surface area (Å²) < 4.78 is 85.8. The number of fused-ring (bicyclic) bond motifs is 1. The van der Waals surface area contributed by atoms with Crippen LogP contribution in [0, 0.1) is 11.4 Å². The second-order valence-corrected chi connectivity index (χ2v) is 13.6.